The topological polar surface area (TPSA) is 80.3 Å². The Morgan fingerprint density at radius 3 is 2.38 bits per heavy atom. The molecule has 0 aliphatic heterocycles. The van der Waals surface area contributed by atoms with E-state index in [-0.39, 0.29) is 5.11 Å². The minimum Gasteiger partial charge on any atom is -0.457 e. The molecule has 0 aliphatic rings. The van der Waals surface area contributed by atoms with Crippen LogP contribution in [0, 0.1) is 0 Å². The number of benzene rings is 4. The van der Waals surface area contributed by atoms with Crippen molar-refractivity contribution in [1.29, 1.82) is 0 Å². The third-order valence-electron chi connectivity index (χ3n) is 6.36. The van der Waals surface area contributed by atoms with Gasteiger partial charge in [0.2, 0.25) is 11.8 Å². The van der Waals surface area contributed by atoms with Crippen LogP contribution >= 0.6 is 35.4 Å². The van der Waals surface area contributed by atoms with Gasteiger partial charge in [-0.3, -0.25) is 10.1 Å². The molecular weight excluding hydrogens is 589 g/mol. The molecular formula is C33H21Cl2N3O3S. The van der Waals surface area contributed by atoms with Gasteiger partial charge in [0.25, 0.3) is 0 Å². The number of hydrogen-bond donors (Lipinski definition) is 2. The van der Waals surface area contributed by atoms with E-state index in [9.17, 15) is 4.79 Å². The molecule has 0 unspecified atom stereocenters. The second-order valence-electron chi connectivity index (χ2n) is 9.22. The van der Waals surface area contributed by atoms with Gasteiger partial charge in [-0.15, -0.1) is 0 Å². The van der Waals surface area contributed by atoms with E-state index in [1.807, 2.05) is 42.5 Å². The third-order valence-corrected chi connectivity index (χ3v) is 7.39. The molecule has 42 heavy (non-hydrogen) atoms. The first kappa shape index (κ1) is 27.5. The SMILES string of the molecule is O=C(C=Cc1ccc(-c2cccc(Cl)c2Cl)o1)NC(=S)Nc1ccc2oc(-c3ccc(-c4ccccc4)cc3)nc2c1. The van der Waals surface area contributed by atoms with E-state index >= 15 is 0 Å². The number of furan rings is 1. The number of hydrogen-bond acceptors (Lipinski definition) is 5. The predicted octanol–water partition coefficient (Wildman–Crippen LogP) is 9.25. The lowest BCUT2D eigenvalue weighted by atomic mass is 10.0. The van der Waals surface area contributed by atoms with Crippen molar-refractivity contribution in [1.82, 2.24) is 10.3 Å². The number of nitrogens with zero attached hydrogens (tertiary/aromatic N) is 1. The van der Waals surface area contributed by atoms with Crippen molar-refractivity contribution in [2.45, 2.75) is 0 Å². The Kier molecular flexibility index (Phi) is 7.88. The fourth-order valence-electron chi connectivity index (χ4n) is 4.32. The zero-order chi connectivity index (χ0) is 29.1. The molecule has 2 aromatic heterocycles. The molecule has 6 nitrogen and oxygen atoms in total. The van der Waals surface area contributed by atoms with Gasteiger partial charge in [0, 0.05) is 22.9 Å². The van der Waals surface area contributed by atoms with Gasteiger partial charge in [-0.05, 0) is 84.0 Å². The molecule has 0 aliphatic carbocycles. The standard InChI is InChI=1S/C33H21Cl2N3O3S/c34-26-8-4-7-25(31(26)35)28-17-14-24(40-28)15-18-30(39)38-33(42)36-23-13-16-29-27(19-23)37-32(41-29)22-11-9-21(10-12-22)20-5-2-1-3-6-20/h1-19H,(H2,36,38,39,42). The molecule has 9 heteroatoms. The Bertz CT molecular complexity index is 1950. The number of nitrogens with one attached hydrogen (secondary N) is 2. The summed E-state index contributed by atoms with van der Waals surface area (Å²) in [4.78, 5) is 17.1. The summed E-state index contributed by atoms with van der Waals surface area (Å²) in [6.07, 6.45) is 2.86. The molecule has 0 fully saturated rings. The largest absolute Gasteiger partial charge is 0.457 e. The van der Waals surface area contributed by atoms with Crippen LogP contribution in [0.25, 0.3) is 51.1 Å². The summed E-state index contributed by atoms with van der Waals surface area (Å²) in [5, 5.41) is 6.59. The van der Waals surface area contributed by atoms with Gasteiger partial charge in [-0.2, -0.15) is 0 Å². The van der Waals surface area contributed by atoms with Crippen molar-refractivity contribution < 1.29 is 13.6 Å². The Labute approximate surface area is 256 Å². The van der Waals surface area contributed by atoms with Crippen LogP contribution in [0.4, 0.5) is 5.69 Å². The minimum atomic E-state index is -0.421. The molecule has 2 heterocycles. The molecule has 1 amide bonds. The predicted molar refractivity (Wildman–Crippen MR) is 172 cm³/mol. The van der Waals surface area contributed by atoms with Crippen LogP contribution in [0.3, 0.4) is 0 Å². The number of anilines is 1. The first-order valence-electron chi connectivity index (χ1n) is 12.8. The van der Waals surface area contributed by atoms with Crippen molar-refractivity contribution in [3.63, 3.8) is 0 Å². The minimum absolute atomic E-state index is 0.134. The number of carbonyl (C=O) groups is 1. The van der Waals surface area contributed by atoms with Crippen molar-refractivity contribution >= 4 is 69.3 Å². The van der Waals surface area contributed by atoms with E-state index in [1.54, 1.807) is 48.5 Å². The highest BCUT2D eigenvalue weighted by Gasteiger charge is 2.12. The molecule has 4 aromatic carbocycles. The van der Waals surface area contributed by atoms with Crippen molar-refractivity contribution in [2.75, 3.05) is 5.32 Å². The first-order chi connectivity index (χ1) is 20.4. The number of oxazole rings is 1. The second kappa shape index (κ2) is 12.0. The summed E-state index contributed by atoms with van der Waals surface area (Å²) in [6, 6.07) is 32.4. The van der Waals surface area contributed by atoms with E-state index < -0.39 is 5.91 Å². The maximum Gasteiger partial charge on any atom is 0.250 e. The molecule has 0 saturated carbocycles. The van der Waals surface area contributed by atoms with Crippen molar-refractivity contribution in [3.05, 3.63) is 125 Å². The van der Waals surface area contributed by atoms with E-state index in [1.165, 1.54) is 12.2 Å². The van der Waals surface area contributed by atoms with Gasteiger partial charge in [0.05, 0.1) is 10.0 Å². The van der Waals surface area contributed by atoms with E-state index in [0.29, 0.717) is 49.8 Å². The Balaban J connectivity index is 1.08. The van der Waals surface area contributed by atoms with Gasteiger partial charge in [0.15, 0.2) is 10.7 Å². The maximum absolute atomic E-state index is 12.4. The lowest BCUT2D eigenvalue weighted by molar-refractivity contribution is -0.115. The summed E-state index contributed by atoms with van der Waals surface area (Å²) < 4.78 is 11.8. The van der Waals surface area contributed by atoms with E-state index in [4.69, 9.17) is 44.3 Å². The number of rotatable bonds is 6. The first-order valence-corrected chi connectivity index (χ1v) is 14.0. The molecule has 0 saturated heterocycles. The van der Waals surface area contributed by atoms with Crippen molar-refractivity contribution in [3.8, 4) is 33.9 Å². The number of halogens is 2. The van der Waals surface area contributed by atoms with Crippen LogP contribution in [0.1, 0.15) is 5.76 Å². The highest BCUT2D eigenvalue weighted by atomic mass is 35.5. The number of carbonyl (C=O) groups excluding carboxylic acids is 1. The monoisotopic (exact) mass is 609 g/mol. The zero-order valence-corrected chi connectivity index (χ0v) is 24.1. The van der Waals surface area contributed by atoms with Crippen LogP contribution in [-0.4, -0.2) is 16.0 Å². The average molecular weight is 611 g/mol. The molecule has 206 valence electrons. The van der Waals surface area contributed by atoms with Gasteiger partial charge >= 0.3 is 0 Å². The highest BCUT2D eigenvalue weighted by molar-refractivity contribution is 7.80. The molecule has 0 atom stereocenters. The quantitative estimate of drug-likeness (QED) is 0.145. The average Bonchev–Trinajstić information content (AvgIpc) is 3.65. The van der Waals surface area contributed by atoms with Crippen LogP contribution in [-0.2, 0) is 4.79 Å². The maximum atomic E-state index is 12.4. The molecule has 0 radical (unpaired) electrons. The van der Waals surface area contributed by atoms with Crippen LogP contribution < -0.4 is 10.6 Å². The van der Waals surface area contributed by atoms with Gasteiger partial charge in [-0.1, -0.05) is 71.7 Å². The second-order valence-corrected chi connectivity index (χ2v) is 10.4. The summed E-state index contributed by atoms with van der Waals surface area (Å²) in [7, 11) is 0. The lowest BCUT2D eigenvalue weighted by Crippen LogP contribution is -2.32. The molecule has 6 aromatic rings. The van der Waals surface area contributed by atoms with Crippen LogP contribution in [0.5, 0.6) is 0 Å². The highest BCUT2D eigenvalue weighted by Crippen LogP contribution is 2.34. The molecule has 6 rings (SSSR count). The lowest BCUT2D eigenvalue weighted by Gasteiger charge is -2.07. The van der Waals surface area contributed by atoms with Gasteiger partial charge < -0.3 is 14.2 Å². The van der Waals surface area contributed by atoms with Crippen LogP contribution in [0.15, 0.2) is 118 Å². The Morgan fingerprint density at radius 1 is 0.810 bits per heavy atom. The smallest absolute Gasteiger partial charge is 0.250 e. The molecule has 2 N–H and O–H groups in total. The van der Waals surface area contributed by atoms with Gasteiger partial charge in [0.1, 0.15) is 17.0 Å². The van der Waals surface area contributed by atoms with Crippen LogP contribution in [0.2, 0.25) is 10.0 Å². The number of amides is 1. The number of aromatic nitrogens is 1. The molecule has 0 spiro atoms. The molecule has 0 bridgehead atoms. The van der Waals surface area contributed by atoms with Crippen molar-refractivity contribution in [2.24, 2.45) is 0 Å². The normalized spacial score (nSPS) is 11.2. The Morgan fingerprint density at radius 2 is 1.57 bits per heavy atom. The summed E-state index contributed by atoms with van der Waals surface area (Å²) in [5.41, 5.74) is 5.74. The Hall–Kier alpha value is -4.69. The third kappa shape index (κ3) is 6.14. The van der Waals surface area contributed by atoms with E-state index in [0.717, 1.165) is 16.7 Å². The van der Waals surface area contributed by atoms with E-state index in [2.05, 4.69) is 27.8 Å². The van der Waals surface area contributed by atoms with Gasteiger partial charge in [-0.25, -0.2) is 4.98 Å². The fraction of sp³-hybridized carbons (Fsp3) is 0. The summed E-state index contributed by atoms with van der Waals surface area (Å²) in [6.45, 7) is 0. The number of fused-ring (bicyclic) bond motifs is 1. The zero-order valence-electron chi connectivity index (χ0n) is 21.8. The summed E-state index contributed by atoms with van der Waals surface area (Å²) in [5.74, 6) is 1.10. The number of thiocarbonyl (C=S) groups is 1. The summed E-state index contributed by atoms with van der Waals surface area (Å²) >= 11 is 17.7. The fourth-order valence-corrected chi connectivity index (χ4v) is 4.93.